The molecule has 3 aromatic rings. The molecule has 214 valence electrons. The van der Waals surface area contributed by atoms with Gasteiger partial charge in [-0.3, -0.25) is 13.9 Å². The van der Waals surface area contributed by atoms with Crippen LogP contribution in [0.4, 0.5) is 18.9 Å². The molecule has 0 radical (unpaired) electrons. The van der Waals surface area contributed by atoms with Crippen LogP contribution in [0.1, 0.15) is 31.4 Å². The summed E-state index contributed by atoms with van der Waals surface area (Å²) in [5.41, 5.74) is -0.473. The topological polar surface area (TPSA) is 86.8 Å². The van der Waals surface area contributed by atoms with Crippen molar-refractivity contribution in [1.82, 2.24) is 10.2 Å². The predicted molar refractivity (Wildman–Crippen MR) is 147 cm³/mol. The lowest BCUT2D eigenvalue weighted by atomic mass is 10.1. The molecule has 0 heterocycles. The van der Waals surface area contributed by atoms with Crippen LogP contribution in [-0.2, 0) is 32.2 Å². The summed E-state index contributed by atoms with van der Waals surface area (Å²) >= 11 is 0. The summed E-state index contributed by atoms with van der Waals surface area (Å²) in [5, 5.41) is 2.71. The normalized spacial score (nSPS) is 12.4. The first-order chi connectivity index (χ1) is 19.0. The zero-order valence-electron chi connectivity index (χ0n) is 22.3. The second kappa shape index (κ2) is 13.5. The molecule has 0 bridgehead atoms. The molecule has 0 saturated heterocycles. The van der Waals surface area contributed by atoms with Gasteiger partial charge in [0.25, 0.3) is 10.0 Å². The fourth-order valence-corrected chi connectivity index (χ4v) is 5.70. The number of alkyl halides is 3. The summed E-state index contributed by atoms with van der Waals surface area (Å²) in [7, 11) is -4.46. The number of carbonyl (C=O) groups excluding carboxylic acids is 2. The average molecular weight is 576 g/mol. The van der Waals surface area contributed by atoms with E-state index in [9.17, 15) is 31.2 Å². The zero-order valence-corrected chi connectivity index (χ0v) is 23.1. The highest BCUT2D eigenvalue weighted by Crippen LogP contribution is 2.33. The number of halogens is 3. The van der Waals surface area contributed by atoms with Crippen molar-refractivity contribution in [2.45, 2.75) is 43.8 Å². The van der Waals surface area contributed by atoms with Gasteiger partial charge >= 0.3 is 6.18 Å². The number of anilines is 1. The molecule has 1 N–H and O–H groups in total. The molecule has 7 nitrogen and oxygen atoms in total. The van der Waals surface area contributed by atoms with Gasteiger partial charge in [-0.25, -0.2) is 8.42 Å². The molecule has 0 aromatic heterocycles. The van der Waals surface area contributed by atoms with E-state index in [-0.39, 0.29) is 23.5 Å². The maximum atomic E-state index is 13.8. The Morgan fingerprint density at radius 2 is 1.52 bits per heavy atom. The summed E-state index contributed by atoms with van der Waals surface area (Å²) in [5.74, 6) is -1.12. The second-order valence-electron chi connectivity index (χ2n) is 9.01. The number of likely N-dealkylation sites (N-methyl/N-ethyl adjacent to an activating group) is 1. The predicted octanol–water partition coefficient (Wildman–Crippen LogP) is 4.89. The maximum absolute atomic E-state index is 13.8. The molecule has 40 heavy (non-hydrogen) atoms. The zero-order chi connectivity index (χ0) is 29.3. The van der Waals surface area contributed by atoms with Crippen LogP contribution < -0.4 is 9.62 Å². The summed E-state index contributed by atoms with van der Waals surface area (Å²) < 4.78 is 68.7. The number of amides is 2. The third-order valence-corrected chi connectivity index (χ3v) is 8.08. The highest BCUT2D eigenvalue weighted by Gasteiger charge is 2.35. The van der Waals surface area contributed by atoms with E-state index in [1.807, 2.05) is 30.3 Å². The standard InChI is InChI=1S/C29H32F3N3O4S/c1-3-26(28(37)33-4-2)34(19-18-22-12-7-5-8-13-22)27(36)21-35(40(38,39)25-16-9-6-10-17-25)24-15-11-14-23(20-24)29(30,31)32/h5-17,20,26H,3-4,18-19,21H2,1-2H3,(H,33,37)/t26-/m0/s1. The molecule has 1 atom stereocenters. The van der Waals surface area contributed by atoms with E-state index in [1.54, 1.807) is 19.9 Å². The van der Waals surface area contributed by atoms with Crippen LogP contribution in [0.2, 0.25) is 0 Å². The molecule has 11 heteroatoms. The minimum absolute atomic E-state index is 0.0975. The Morgan fingerprint density at radius 3 is 2.10 bits per heavy atom. The Balaban J connectivity index is 2.05. The van der Waals surface area contributed by atoms with Crippen LogP contribution in [0.5, 0.6) is 0 Å². The molecular weight excluding hydrogens is 543 g/mol. The van der Waals surface area contributed by atoms with Gasteiger partial charge in [-0.2, -0.15) is 13.2 Å². The van der Waals surface area contributed by atoms with Gasteiger partial charge in [-0.15, -0.1) is 0 Å². The number of carbonyl (C=O) groups is 2. The van der Waals surface area contributed by atoms with Crippen LogP contribution in [0, 0.1) is 0 Å². The van der Waals surface area contributed by atoms with Gasteiger partial charge in [0.05, 0.1) is 16.1 Å². The molecule has 0 spiro atoms. The smallest absolute Gasteiger partial charge is 0.355 e. The van der Waals surface area contributed by atoms with E-state index in [1.165, 1.54) is 35.2 Å². The Bertz CT molecular complexity index is 1380. The van der Waals surface area contributed by atoms with Crippen molar-refractivity contribution in [3.8, 4) is 0 Å². The van der Waals surface area contributed by atoms with Gasteiger partial charge in [0.2, 0.25) is 11.8 Å². The van der Waals surface area contributed by atoms with Crippen LogP contribution in [0.15, 0.2) is 89.8 Å². The highest BCUT2D eigenvalue weighted by molar-refractivity contribution is 7.92. The Morgan fingerprint density at radius 1 is 0.900 bits per heavy atom. The van der Waals surface area contributed by atoms with Crippen LogP contribution in [0.25, 0.3) is 0 Å². The van der Waals surface area contributed by atoms with E-state index in [0.29, 0.717) is 23.3 Å². The van der Waals surface area contributed by atoms with Crippen LogP contribution in [0.3, 0.4) is 0 Å². The van der Waals surface area contributed by atoms with Crippen molar-refractivity contribution in [3.05, 3.63) is 96.1 Å². The van der Waals surface area contributed by atoms with Gasteiger partial charge in [0.15, 0.2) is 0 Å². The molecule has 2 amide bonds. The molecule has 3 aromatic carbocycles. The van der Waals surface area contributed by atoms with Crippen molar-refractivity contribution in [1.29, 1.82) is 0 Å². The number of nitrogens with zero attached hydrogens (tertiary/aromatic N) is 2. The van der Waals surface area contributed by atoms with Gasteiger partial charge in [-0.05, 0) is 55.7 Å². The first kappa shape index (κ1) is 30.7. The molecule has 0 aliphatic carbocycles. The molecular formula is C29H32F3N3O4S. The second-order valence-corrected chi connectivity index (χ2v) is 10.9. The van der Waals surface area contributed by atoms with E-state index < -0.39 is 46.2 Å². The third kappa shape index (κ3) is 7.62. The molecule has 0 fully saturated rings. The maximum Gasteiger partial charge on any atom is 0.416 e. The van der Waals surface area contributed by atoms with Crippen molar-refractivity contribution < 1.29 is 31.2 Å². The Labute approximate surface area is 232 Å². The molecule has 0 unspecified atom stereocenters. The van der Waals surface area contributed by atoms with E-state index in [2.05, 4.69) is 5.32 Å². The minimum Gasteiger partial charge on any atom is -0.355 e. The van der Waals surface area contributed by atoms with Gasteiger partial charge < -0.3 is 10.2 Å². The summed E-state index contributed by atoms with van der Waals surface area (Å²) in [6.07, 6.45) is -4.09. The van der Waals surface area contributed by atoms with E-state index >= 15 is 0 Å². The lowest BCUT2D eigenvalue weighted by Crippen LogP contribution is -2.53. The minimum atomic E-state index is -4.73. The fourth-order valence-electron chi connectivity index (χ4n) is 4.27. The van der Waals surface area contributed by atoms with E-state index in [4.69, 9.17) is 0 Å². The lowest BCUT2D eigenvalue weighted by molar-refractivity contribution is -0.139. The number of sulfonamides is 1. The largest absolute Gasteiger partial charge is 0.416 e. The van der Waals surface area contributed by atoms with Crippen molar-refractivity contribution in [2.75, 3.05) is 23.9 Å². The monoisotopic (exact) mass is 575 g/mol. The summed E-state index contributed by atoms with van der Waals surface area (Å²) in [6, 6.07) is 19.3. The number of hydrogen-bond acceptors (Lipinski definition) is 4. The fraction of sp³-hybridized carbons (Fsp3) is 0.310. The Hall–Kier alpha value is -3.86. The number of benzene rings is 3. The van der Waals surface area contributed by atoms with Crippen LogP contribution >= 0.6 is 0 Å². The first-order valence-electron chi connectivity index (χ1n) is 12.8. The quantitative estimate of drug-likeness (QED) is 0.333. The van der Waals surface area contributed by atoms with Crippen molar-refractivity contribution >= 4 is 27.5 Å². The Kier molecular flexibility index (Phi) is 10.3. The molecule has 0 saturated carbocycles. The number of nitrogens with one attached hydrogen (secondary N) is 1. The summed E-state index contributed by atoms with van der Waals surface area (Å²) in [6.45, 7) is 3.09. The molecule has 3 rings (SSSR count). The number of hydrogen-bond donors (Lipinski definition) is 1. The van der Waals surface area contributed by atoms with E-state index in [0.717, 1.165) is 17.7 Å². The summed E-state index contributed by atoms with van der Waals surface area (Å²) in [4.78, 5) is 27.9. The van der Waals surface area contributed by atoms with Gasteiger partial charge in [0.1, 0.15) is 12.6 Å². The van der Waals surface area contributed by atoms with Gasteiger partial charge in [0, 0.05) is 13.1 Å². The lowest BCUT2D eigenvalue weighted by Gasteiger charge is -2.33. The van der Waals surface area contributed by atoms with Crippen molar-refractivity contribution in [2.24, 2.45) is 0 Å². The van der Waals surface area contributed by atoms with Crippen LogP contribution in [-0.4, -0.2) is 50.8 Å². The number of rotatable bonds is 12. The molecule has 0 aliphatic rings. The third-order valence-electron chi connectivity index (χ3n) is 6.29. The average Bonchev–Trinajstić information content (AvgIpc) is 2.94. The molecule has 0 aliphatic heterocycles. The van der Waals surface area contributed by atoms with Crippen molar-refractivity contribution in [3.63, 3.8) is 0 Å². The SMILES string of the molecule is CCNC(=O)[C@H](CC)N(CCc1ccccc1)C(=O)CN(c1cccc(C(F)(F)F)c1)S(=O)(=O)c1ccccc1. The van der Waals surface area contributed by atoms with Gasteiger partial charge in [-0.1, -0.05) is 61.5 Å². The first-order valence-corrected chi connectivity index (χ1v) is 14.3. The highest BCUT2D eigenvalue weighted by atomic mass is 32.2.